The van der Waals surface area contributed by atoms with E-state index in [2.05, 4.69) is 203 Å². The van der Waals surface area contributed by atoms with Gasteiger partial charge in [0.15, 0.2) is 0 Å². The summed E-state index contributed by atoms with van der Waals surface area (Å²) in [4.78, 5) is 0. The molecule has 9 aromatic carbocycles. The number of hydrogen-bond acceptors (Lipinski definition) is 1. The van der Waals surface area contributed by atoms with Gasteiger partial charge in [-0.15, -0.1) is 0 Å². The smallest absolute Gasteiger partial charge is 0.137 e. The van der Waals surface area contributed by atoms with Gasteiger partial charge in [0, 0.05) is 49.8 Å². The number of aromatic nitrogens is 2. The molecule has 0 spiro atoms. The fourth-order valence-electron chi connectivity index (χ4n) is 9.01. The summed E-state index contributed by atoms with van der Waals surface area (Å²) in [5.74, 6) is 0. The summed E-state index contributed by atoms with van der Waals surface area (Å²) >= 11 is 0. The van der Waals surface area contributed by atoms with Gasteiger partial charge in [0.05, 0.1) is 22.1 Å². The Morgan fingerprint density at radius 3 is 1.32 bits per heavy atom. The minimum Gasteiger partial charge on any atom is -0.456 e. The van der Waals surface area contributed by atoms with Crippen LogP contribution >= 0.6 is 0 Å². The highest BCUT2D eigenvalue weighted by Gasteiger charge is 2.18. The average molecular weight is 727 g/mol. The lowest BCUT2D eigenvalue weighted by molar-refractivity contribution is 0.668. The van der Waals surface area contributed by atoms with Crippen molar-refractivity contribution < 1.29 is 4.42 Å². The number of para-hydroxylation sites is 2. The van der Waals surface area contributed by atoms with Gasteiger partial charge in [0.25, 0.3) is 0 Å². The number of nitrogens with zero attached hydrogens (tertiary/aromatic N) is 2. The van der Waals surface area contributed by atoms with Crippen molar-refractivity contribution >= 4 is 65.6 Å². The Morgan fingerprint density at radius 2 is 0.667 bits per heavy atom. The van der Waals surface area contributed by atoms with Crippen LogP contribution in [0.2, 0.25) is 0 Å². The molecule has 0 atom stereocenters. The minimum atomic E-state index is 0.895. The summed E-state index contributed by atoms with van der Waals surface area (Å²) in [6.07, 6.45) is 0. The van der Waals surface area contributed by atoms with E-state index < -0.39 is 0 Å². The third-order valence-electron chi connectivity index (χ3n) is 11.7. The molecule has 0 amide bonds. The van der Waals surface area contributed by atoms with Crippen molar-refractivity contribution in [3.8, 4) is 44.8 Å². The largest absolute Gasteiger partial charge is 0.456 e. The average Bonchev–Trinajstić information content (AvgIpc) is 3.93. The molecule has 0 bridgehead atoms. The third kappa shape index (κ3) is 4.99. The predicted molar refractivity (Wildman–Crippen MR) is 239 cm³/mol. The van der Waals surface area contributed by atoms with Gasteiger partial charge in [-0.25, -0.2) is 0 Å². The zero-order valence-corrected chi connectivity index (χ0v) is 30.9. The molecule has 266 valence electrons. The highest BCUT2D eigenvalue weighted by Crippen LogP contribution is 2.40. The zero-order valence-electron chi connectivity index (χ0n) is 30.9. The molecule has 3 aromatic heterocycles. The van der Waals surface area contributed by atoms with Gasteiger partial charge in [-0.05, 0) is 106 Å². The number of rotatable bonds is 5. The van der Waals surface area contributed by atoms with E-state index in [1.54, 1.807) is 0 Å². The Hall–Kier alpha value is -7.62. The second kappa shape index (κ2) is 12.5. The number of hydrogen-bond donors (Lipinski definition) is 0. The molecular weight excluding hydrogens is 693 g/mol. The molecule has 3 heteroatoms. The van der Waals surface area contributed by atoms with Crippen LogP contribution in [-0.4, -0.2) is 9.13 Å². The van der Waals surface area contributed by atoms with E-state index in [1.165, 1.54) is 77.0 Å². The number of fused-ring (bicyclic) bond motifs is 9. The first-order chi connectivity index (χ1) is 28.2. The molecule has 0 aliphatic heterocycles. The lowest BCUT2D eigenvalue weighted by atomic mass is 9.99. The molecule has 0 radical (unpaired) electrons. The van der Waals surface area contributed by atoms with E-state index in [-0.39, 0.29) is 0 Å². The molecule has 0 saturated heterocycles. The standard InChI is InChI=1S/C54H34N2O/c1-3-11-35(12-4-1)37-19-24-41(25-20-37)55-51-28-21-38(36-13-5-2-6-14-36)31-47(51)48-33-40(23-30-52(48)55)39-22-29-50-46(32-39)43-15-7-9-17-49(43)56(50)42-26-27-45-44-16-8-10-18-53(44)57-54(45)34-42/h1-34H. The summed E-state index contributed by atoms with van der Waals surface area (Å²) in [6.45, 7) is 0. The van der Waals surface area contributed by atoms with Crippen LogP contribution in [0.5, 0.6) is 0 Å². The maximum absolute atomic E-state index is 6.33. The van der Waals surface area contributed by atoms with Gasteiger partial charge in [-0.3, -0.25) is 0 Å². The Labute approximate surface area is 328 Å². The van der Waals surface area contributed by atoms with E-state index >= 15 is 0 Å². The quantitative estimate of drug-likeness (QED) is 0.173. The van der Waals surface area contributed by atoms with Gasteiger partial charge in [0.1, 0.15) is 11.2 Å². The Bertz CT molecular complexity index is 3490. The van der Waals surface area contributed by atoms with Crippen LogP contribution in [0.25, 0.3) is 110 Å². The fourth-order valence-corrected chi connectivity index (χ4v) is 9.01. The zero-order chi connectivity index (χ0) is 37.5. The molecule has 0 saturated carbocycles. The van der Waals surface area contributed by atoms with Crippen LogP contribution in [0.4, 0.5) is 0 Å². The SMILES string of the molecule is c1ccc(-c2ccc(-n3c4ccc(-c5ccccc5)cc4c4cc(-c5ccc6c(c5)c5ccccc5n6-c5ccc6c(c5)oc5ccccc56)ccc43)cc2)cc1. The number of furan rings is 1. The molecule has 3 heterocycles. The first-order valence-corrected chi connectivity index (χ1v) is 19.5. The van der Waals surface area contributed by atoms with Crippen LogP contribution in [0.3, 0.4) is 0 Å². The monoisotopic (exact) mass is 726 g/mol. The molecular formula is C54H34N2O. The highest BCUT2D eigenvalue weighted by molar-refractivity contribution is 6.14. The molecule has 0 aliphatic carbocycles. The summed E-state index contributed by atoms with van der Waals surface area (Å²) in [5, 5.41) is 7.19. The van der Waals surface area contributed by atoms with Gasteiger partial charge in [-0.2, -0.15) is 0 Å². The molecule has 0 fully saturated rings. The van der Waals surface area contributed by atoms with Crippen LogP contribution in [-0.2, 0) is 0 Å². The highest BCUT2D eigenvalue weighted by atomic mass is 16.3. The van der Waals surface area contributed by atoms with E-state index in [9.17, 15) is 0 Å². The van der Waals surface area contributed by atoms with Crippen LogP contribution < -0.4 is 0 Å². The van der Waals surface area contributed by atoms with E-state index in [0.717, 1.165) is 33.3 Å². The van der Waals surface area contributed by atoms with E-state index in [4.69, 9.17) is 4.42 Å². The van der Waals surface area contributed by atoms with Crippen molar-refractivity contribution in [1.29, 1.82) is 0 Å². The first-order valence-electron chi connectivity index (χ1n) is 19.5. The third-order valence-corrected chi connectivity index (χ3v) is 11.7. The molecule has 0 aliphatic rings. The second-order valence-corrected chi connectivity index (χ2v) is 14.9. The normalized spacial score (nSPS) is 11.9. The van der Waals surface area contributed by atoms with Crippen LogP contribution in [0.1, 0.15) is 0 Å². The molecule has 0 unspecified atom stereocenters. The van der Waals surface area contributed by atoms with Crippen molar-refractivity contribution in [1.82, 2.24) is 9.13 Å². The van der Waals surface area contributed by atoms with Crippen molar-refractivity contribution in [3.63, 3.8) is 0 Å². The predicted octanol–water partition coefficient (Wildman–Crippen LogP) is 14.8. The molecule has 0 N–H and O–H groups in total. The van der Waals surface area contributed by atoms with E-state index in [0.29, 0.717) is 0 Å². The van der Waals surface area contributed by atoms with Gasteiger partial charge in [-0.1, -0.05) is 127 Å². The molecule has 12 aromatic rings. The Morgan fingerprint density at radius 1 is 0.246 bits per heavy atom. The topological polar surface area (TPSA) is 23.0 Å². The first kappa shape index (κ1) is 31.7. The summed E-state index contributed by atoms with van der Waals surface area (Å²) in [7, 11) is 0. The lowest BCUT2D eigenvalue weighted by Gasteiger charge is -2.10. The van der Waals surface area contributed by atoms with Crippen molar-refractivity contribution in [2.75, 3.05) is 0 Å². The Kier molecular flexibility index (Phi) is 6.93. The molecule has 57 heavy (non-hydrogen) atoms. The van der Waals surface area contributed by atoms with Gasteiger partial charge < -0.3 is 13.6 Å². The van der Waals surface area contributed by atoms with Crippen LogP contribution in [0.15, 0.2) is 211 Å². The number of benzene rings is 9. The summed E-state index contributed by atoms with van der Waals surface area (Å²) in [5.41, 5.74) is 16.0. The Balaban J connectivity index is 1.02. The van der Waals surface area contributed by atoms with Gasteiger partial charge >= 0.3 is 0 Å². The minimum absolute atomic E-state index is 0.895. The van der Waals surface area contributed by atoms with Gasteiger partial charge in [0.2, 0.25) is 0 Å². The van der Waals surface area contributed by atoms with Crippen molar-refractivity contribution in [2.24, 2.45) is 0 Å². The summed E-state index contributed by atoms with van der Waals surface area (Å²) in [6, 6.07) is 74.6. The summed E-state index contributed by atoms with van der Waals surface area (Å²) < 4.78 is 11.1. The second-order valence-electron chi connectivity index (χ2n) is 14.9. The molecule has 12 rings (SSSR count). The lowest BCUT2D eigenvalue weighted by Crippen LogP contribution is -1.94. The van der Waals surface area contributed by atoms with E-state index in [1.807, 2.05) is 12.1 Å². The molecule has 3 nitrogen and oxygen atoms in total. The van der Waals surface area contributed by atoms with Crippen molar-refractivity contribution in [3.05, 3.63) is 206 Å². The fraction of sp³-hybridized carbons (Fsp3) is 0. The van der Waals surface area contributed by atoms with Crippen molar-refractivity contribution in [2.45, 2.75) is 0 Å². The maximum atomic E-state index is 6.33. The van der Waals surface area contributed by atoms with Crippen LogP contribution in [0, 0.1) is 0 Å². The maximum Gasteiger partial charge on any atom is 0.137 e.